The van der Waals surface area contributed by atoms with Crippen molar-refractivity contribution in [2.75, 3.05) is 29.8 Å². The topological polar surface area (TPSA) is 154 Å². The Morgan fingerprint density at radius 2 is 1.80 bits per heavy atom. The molecule has 0 bridgehead atoms. The van der Waals surface area contributed by atoms with E-state index in [1.807, 2.05) is 67.8 Å². The standard InChI is InChI=1S/C38H45ClN8O6S/c1-24-10-8-9-19-45(24)37-43-42-34-18-14-26(22-46(34)37)53-31-17-16-30(27-11-6-7-12-28(27)31)40-36(48)41-35-21-33(38(2,3)4)44-47(35)25-13-15-29(39)32(20-25)51-23-52-54(5,49)50/h6-7,11-15,18,20-22,24,30-31H,8-10,16-17,19,23H2,1-5H3,(H2,40,41,48)/t24-,30-,31+/m0/s1. The van der Waals surface area contributed by atoms with Crippen molar-refractivity contribution in [1.29, 1.82) is 0 Å². The number of carbonyl (C=O) groups excluding carboxylic acids is 1. The van der Waals surface area contributed by atoms with Crippen molar-refractivity contribution in [3.63, 3.8) is 0 Å². The first-order valence-corrected chi connectivity index (χ1v) is 20.2. The first-order chi connectivity index (χ1) is 25.7. The number of hydrogen-bond donors (Lipinski definition) is 2. The molecule has 0 saturated carbocycles. The van der Waals surface area contributed by atoms with Crippen molar-refractivity contribution >= 4 is 45.2 Å². The summed E-state index contributed by atoms with van der Waals surface area (Å²) in [6.45, 7) is 8.71. The Bertz CT molecular complexity index is 2270. The second-order valence-corrected chi connectivity index (χ2v) is 16.9. The van der Waals surface area contributed by atoms with Crippen molar-refractivity contribution in [1.82, 2.24) is 29.7 Å². The lowest BCUT2D eigenvalue weighted by Crippen LogP contribution is -2.38. The molecule has 5 aromatic rings. The van der Waals surface area contributed by atoms with Crippen LogP contribution in [-0.4, -0.2) is 64.5 Å². The number of pyridine rings is 1. The summed E-state index contributed by atoms with van der Waals surface area (Å²) < 4.78 is 43.3. The predicted octanol–water partition coefficient (Wildman–Crippen LogP) is 7.33. The zero-order chi connectivity index (χ0) is 38.2. The van der Waals surface area contributed by atoms with Gasteiger partial charge in [-0.3, -0.25) is 9.72 Å². The maximum Gasteiger partial charge on any atom is 0.320 e. The molecule has 1 saturated heterocycles. The second kappa shape index (κ2) is 15.1. The molecule has 2 amide bonds. The summed E-state index contributed by atoms with van der Waals surface area (Å²) in [6.07, 6.45) is 7.51. The fraction of sp³-hybridized carbons (Fsp3) is 0.421. The molecule has 2 aromatic carbocycles. The van der Waals surface area contributed by atoms with E-state index < -0.39 is 22.9 Å². The molecule has 1 aliphatic heterocycles. The van der Waals surface area contributed by atoms with Crippen LogP contribution in [0.15, 0.2) is 66.9 Å². The van der Waals surface area contributed by atoms with Gasteiger partial charge in [-0.2, -0.15) is 13.5 Å². The molecule has 16 heteroatoms. The van der Waals surface area contributed by atoms with E-state index in [0.29, 0.717) is 30.4 Å². The number of fused-ring (bicyclic) bond motifs is 2. The minimum absolute atomic E-state index is 0.190. The summed E-state index contributed by atoms with van der Waals surface area (Å²) in [6, 6.07) is 18.4. The number of hydrogen-bond acceptors (Lipinski definition) is 10. The highest BCUT2D eigenvalue weighted by Crippen LogP contribution is 2.39. The van der Waals surface area contributed by atoms with E-state index in [-0.39, 0.29) is 28.3 Å². The third kappa shape index (κ3) is 8.27. The van der Waals surface area contributed by atoms with Crippen LogP contribution < -0.4 is 25.0 Å². The molecule has 2 N–H and O–H groups in total. The maximum atomic E-state index is 13.7. The van der Waals surface area contributed by atoms with E-state index in [4.69, 9.17) is 30.4 Å². The van der Waals surface area contributed by atoms with Crippen LogP contribution in [0.3, 0.4) is 0 Å². The van der Waals surface area contributed by atoms with Gasteiger partial charge in [0.1, 0.15) is 23.4 Å². The SMILES string of the molecule is C[C@H]1CCCCN1c1nnc2ccc(O[C@@H]3CC[C@H](NC(=O)Nc4cc(C(C)(C)C)nn4-c4ccc(Cl)c(OCOS(C)(=O)=O)c4)c4ccccc43)cn12. The Balaban J connectivity index is 1.08. The van der Waals surface area contributed by atoms with Crippen LogP contribution >= 0.6 is 11.6 Å². The molecule has 0 radical (unpaired) electrons. The smallest absolute Gasteiger partial charge is 0.320 e. The number of benzene rings is 2. The first kappa shape index (κ1) is 37.5. The summed E-state index contributed by atoms with van der Waals surface area (Å²) in [5, 5.41) is 20.2. The molecule has 286 valence electrons. The Hall–Kier alpha value is -4.86. The van der Waals surface area contributed by atoms with Gasteiger partial charge in [-0.25, -0.2) is 13.7 Å². The van der Waals surface area contributed by atoms with Crippen LogP contribution in [0.2, 0.25) is 5.02 Å². The molecule has 0 spiro atoms. The highest BCUT2D eigenvalue weighted by atomic mass is 35.5. The minimum atomic E-state index is -3.72. The molecule has 7 rings (SSSR count). The van der Waals surface area contributed by atoms with E-state index in [0.717, 1.165) is 59.8 Å². The van der Waals surface area contributed by atoms with Gasteiger partial charge >= 0.3 is 6.03 Å². The highest BCUT2D eigenvalue weighted by Gasteiger charge is 2.31. The number of rotatable bonds is 10. The fourth-order valence-corrected chi connectivity index (χ4v) is 7.36. The summed E-state index contributed by atoms with van der Waals surface area (Å²) in [7, 11) is -3.72. The van der Waals surface area contributed by atoms with Gasteiger partial charge in [-0.05, 0) is 74.4 Å². The molecule has 3 atom stereocenters. The van der Waals surface area contributed by atoms with Gasteiger partial charge in [-0.15, -0.1) is 10.2 Å². The molecule has 14 nitrogen and oxygen atoms in total. The number of amides is 2. The fourth-order valence-electron chi connectivity index (χ4n) is 6.96. The number of nitrogens with one attached hydrogen (secondary N) is 2. The minimum Gasteiger partial charge on any atom is -0.484 e. The third-order valence-corrected chi connectivity index (χ3v) is 10.6. The normalized spacial score (nSPS) is 19.0. The van der Waals surface area contributed by atoms with Crippen LogP contribution in [0.4, 0.5) is 16.6 Å². The molecular weight excluding hydrogens is 732 g/mol. The van der Waals surface area contributed by atoms with Gasteiger partial charge < -0.3 is 19.7 Å². The number of halogens is 1. The number of nitrogens with zero attached hydrogens (tertiary/aromatic N) is 6. The van der Waals surface area contributed by atoms with E-state index in [1.165, 1.54) is 6.42 Å². The van der Waals surface area contributed by atoms with Crippen LogP contribution in [0.5, 0.6) is 11.5 Å². The molecule has 0 unspecified atom stereocenters. The van der Waals surface area contributed by atoms with Crippen LogP contribution in [0.25, 0.3) is 11.3 Å². The van der Waals surface area contributed by atoms with Crippen molar-refractivity contribution in [2.24, 2.45) is 0 Å². The summed E-state index contributed by atoms with van der Waals surface area (Å²) in [5.74, 6) is 2.17. The number of anilines is 2. The number of carbonyl (C=O) groups is 1. The largest absolute Gasteiger partial charge is 0.484 e. The molecule has 54 heavy (non-hydrogen) atoms. The van der Waals surface area contributed by atoms with E-state index >= 15 is 0 Å². The molecule has 2 aliphatic rings. The molecule has 3 aromatic heterocycles. The van der Waals surface area contributed by atoms with Gasteiger partial charge in [0.25, 0.3) is 10.1 Å². The second-order valence-electron chi connectivity index (χ2n) is 14.9. The average molecular weight is 777 g/mol. The summed E-state index contributed by atoms with van der Waals surface area (Å²) in [4.78, 5) is 16.0. The molecular formula is C38H45ClN8O6S. The lowest BCUT2D eigenvalue weighted by atomic mass is 9.85. The molecule has 4 heterocycles. The van der Waals surface area contributed by atoms with Gasteiger partial charge in [-0.1, -0.05) is 56.6 Å². The zero-order valence-electron chi connectivity index (χ0n) is 31.0. The van der Waals surface area contributed by atoms with Gasteiger partial charge in [0, 0.05) is 30.1 Å². The van der Waals surface area contributed by atoms with E-state index in [9.17, 15) is 13.2 Å². The van der Waals surface area contributed by atoms with Crippen LogP contribution in [0, 0.1) is 0 Å². The number of piperidine rings is 1. The van der Waals surface area contributed by atoms with E-state index in [1.54, 1.807) is 22.9 Å². The van der Waals surface area contributed by atoms with Gasteiger partial charge in [0.05, 0.1) is 34.9 Å². The van der Waals surface area contributed by atoms with Crippen molar-refractivity contribution in [3.05, 3.63) is 88.7 Å². The van der Waals surface area contributed by atoms with Gasteiger partial charge in [0.2, 0.25) is 12.7 Å². The number of ether oxygens (including phenoxy) is 2. The summed E-state index contributed by atoms with van der Waals surface area (Å²) in [5.41, 5.74) is 3.70. The van der Waals surface area contributed by atoms with Crippen molar-refractivity contribution in [3.8, 4) is 17.2 Å². The third-order valence-electron chi connectivity index (χ3n) is 9.79. The van der Waals surface area contributed by atoms with Crippen LogP contribution in [0.1, 0.15) is 88.8 Å². The zero-order valence-corrected chi connectivity index (χ0v) is 32.5. The van der Waals surface area contributed by atoms with E-state index in [2.05, 4.69) is 38.7 Å². The van der Waals surface area contributed by atoms with Crippen molar-refractivity contribution < 1.29 is 26.9 Å². The van der Waals surface area contributed by atoms with Crippen LogP contribution in [-0.2, 0) is 19.7 Å². The Morgan fingerprint density at radius 1 is 1.00 bits per heavy atom. The predicted molar refractivity (Wildman–Crippen MR) is 206 cm³/mol. The first-order valence-electron chi connectivity index (χ1n) is 18.1. The average Bonchev–Trinajstić information content (AvgIpc) is 3.74. The number of urea groups is 1. The Labute approximate surface area is 319 Å². The Kier molecular flexibility index (Phi) is 10.5. The van der Waals surface area contributed by atoms with Crippen molar-refractivity contribution in [2.45, 2.75) is 83.4 Å². The molecule has 1 aliphatic carbocycles. The highest BCUT2D eigenvalue weighted by molar-refractivity contribution is 7.85. The maximum absolute atomic E-state index is 13.7. The lowest BCUT2D eigenvalue weighted by Gasteiger charge is -2.33. The number of aromatic nitrogens is 5. The quantitative estimate of drug-likeness (QED) is 0.109. The molecule has 1 fully saturated rings. The Morgan fingerprint density at radius 3 is 2.56 bits per heavy atom. The monoisotopic (exact) mass is 776 g/mol. The summed E-state index contributed by atoms with van der Waals surface area (Å²) >= 11 is 6.34. The van der Waals surface area contributed by atoms with Gasteiger partial charge in [0.15, 0.2) is 5.65 Å². The lowest BCUT2D eigenvalue weighted by molar-refractivity contribution is 0.127.